The number of rotatable bonds is 2. The van der Waals surface area contributed by atoms with Crippen LogP contribution in [0.5, 0.6) is 0 Å². The molecule has 0 saturated carbocycles. The fourth-order valence-electron chi connectivity index (χ4n) is 2.31. The van der Waals surface area contributed by atoms with Gasteiger partial charge in [-0.05, 0) is 24.3 Å². The van der Waals surface area contributed by atoms with Gasteiger partial charge in [-0.3, -0.25) is 4.98 Å². The van der Waals surface area contributed by atoms with Crippen LogP contribution in [0.3, 0.4) is 0 Å². The predicted octanol–water partition coefficient (Wildman–Crippen LogP) is 3.04. The topological polar surface area (TPSA) is 60.9 Å². The molecule has 22 heavy (non-hydrogen) atoms. The molecule has 0 radical (unpaired) electrons. The van der Waals surface area contributed by atoms with E-state index in [1.54, 1.807) is 29.2 Å². The highest BCUT2D eigenvalue weighted by atomic mass is 16.4. The van der Waals surface area contributed by atoms with Gasteiger partial charge in [0.15, 0.2) is 5.76 Å². The Bertz CT molecular complexity index is 989. The zero-order valence-corrected chi connectivity index (χ0v) is 11.5. The Morgan fingerprint density at radius 1 is 1.00 bits per heavy atom. The SMILES string of the molecule is O=c1oc(-c2ccccn2)cc2nn(-c3ccccc3)cc12. The Balaban J connectivity index is 1.91. The summed E-state index contributed by atoms with van der Waals surface area (Å²) in [7, 11) is 0. The van der Waals surface area contributed by atoms with E-state index in [4.69, 9.17) is 4.42 Å². The van der Waals surface area contributed by atoms with Crippen molar-refractivity contribution >= 4 is 10.9 Å². The molecule has 0 spiro atoms. The number of para-hydroxylation sites is 1. The number of hydrogen-bond acceptors (Lipinski definition) is 4. The highest BCUT2D eigenvalue weighted by molar-refractivity contribution is 5.80. The molecule has 0 saturated heterocycles. The number of aromatic nitrogens is 3. The van der Waals surface area contributed by atoms with Crippen molar-refractivity contribution in [2.24, 2.45) is 0 Å². The van der Waals surface area contributed by atoms with E-state index < -0.39 is 5.63 Å². The Hall–Kier alpha value is -3.21. The van der Waals surface area contributed by atoms with Crippen molar-refractivity contribution in [3.63, 3.8) is 0 Å². The van der Waals surface area contributed by atoms with Crippen LogP contribution in [-0.4, -0.2) is 14.8 Å². The summed E-state index contributed by atoms with van der Waals surface area (Å²) in [6, 6.07) is 16.8. The van der Waals surface area contributed by atoms with Crippen molar-refractivity contribution < 1.29 is 4.42 Å². The van der Waals surface area contributed by atoms with E-state index in [1.807, 2.05) is 42.5 Å². The summed E-state index contributed by atoms with van der Waals surface area (Å²) >= 11 is 0. The third kappa shape index (κ3) is 2.09. The Labute approximate surface area is 125 Å². The van der Waals surface area contributed by atoms with Gasteiger partial charge in [0, 0.05) is 18.5 Å². The number of hydrogen-bond donors (Lipinski definition) is 0. The maximum Gasteiger partial charge on any atom is 0.347 e. The van der Waals surface area contributed by atoms with Gasteiger partial charge in [0.1, 0.15) is 16.6 Å². The van der Waals surface area contributed by atoms with Gasteiger partial charge in [0.05, 0.1) is 5.69 Å². The molecule has 0 amide bonds. The van der Waals surface area contributed by atoms with Crippen LogP contribution in [0.2, 0.25) is 0 Å². The molecule has 4 rings (SSSR count). The lowest BCUT2D eigenvalue weighted by atomic mass is 10.2. The van der Waals surface area contributed by atoms with Crippen molar-refractivity contribution in [2.75, 3.05) is 0 Å². The fourth-order valence-corrected chi connectivity index (χ4v) is 2.31. The standard InChI is InChI=1S/C17H11N3O2/c21-17-13-11-20(12-6-2-1-3-7-12)19-15(13)10-16(22-17)14-8-4-5-9-18-14/h1-11H. The normalized spacial score (nSPS) is 10.9. The minimum atomic E-state index is -0.416. The molecular weight excluding hydrogens is 278 g/mol. The lowest BCUT2D eigenvalue weighted by molar-refractivity contribution is 0.532. The molecule has 4 aromatic rings. The molecule has 0 bridgehead atoms. The summed E-state index contributed by atoms with van der Waals surface area (Å²) < 4.78 is 7.02. The van der Waals surface area contributed by atoms with Crippen LogP contribution < -0.4 is 5.63 Å². The first-order valence-corrected chi connectivity index (χ1v) is 6.81. The van der Waals surface area contributed by atoms with Gasteiger partial charge in [0.25, 0.3) is 0 Å². The summed E-state index contributed by atoms with van der Waals surface area (Å²) in [4.78, 5) is 16.4. The highest BCUT2D eigenvalue weighted by Gasteiger charge is 2.11. The van der Waals surface area contributed by atoms with E-state index in [2.05, 4.69) is 10.1 Å². The van der Waals surface area contributed by atoms with Crippen molar-refractivity contribution in [3.8, 4) is 17.1 Å². The lowest BCUT2D eigenvalue weighted by Crippen LogP contribution is -1.99. The Morgan fingerprint density at radius 3 is 2.59 bits per heavy atom. The zero-order valence-electron chi connectivity index (χ0n) is 11.5. The number of pyridine rings is 1. The summed E-state index contributed by atoms with van der Waals surface area (Å²) in [6.45, 7) is 0. The molecule has 0 unspecified atom stereocenters. The van der Waals surface area contributed by atoms with Crippen molar-refractivity contribution in [2.45, 2.75) is 0 Å². The number of benzene rings is 1. The largest absolute Gasteiger partial charge is 0.420 e. The monoisotopic (exact) mass is 289 g/mol. The molecule has 5 heteroatoms. The second-order valence-corrected chi connectivity index (χ2v) is 4.82. The van der Waals surface area contributed by atoms with Gasteiger partial charge >= 0.3 is 5.63 Å². The lowest BCUT2D eigenvalue weighted by Gasteiger charge is -1.98. The van der Waals surface area contributed by atoms with Crippen LogP contribution >= 0.6 is 0 Å². The fraction of sp³-hybridized carbons (Fsp3) is 0. The minimum absolute atomic E-state index is 0.413. The second kappa shape index (κ2) is 4.96. The molecule has 0 aliphatic carbocycles. The molecule has 106 valence electrons. The van der Waals surface area contributed by atoms with E-state index in [0.717, 1.165) is 5.69 Å². The maximum atomic E-state index is 12.2. The molecule has 0 aliphatic rings. The Morgan fingerprint density at radius 2 is 1.82 bits per heavy atom. The van der Waals surface area contributed by atoms with Gasteiger partial charge in [-0.2, -0.15) is 5.10 Å². The van der Waals surface area contributed by atoms with Gasteiger partial charge in [-0.25, -0.2) is 9.48 Å². The van der Waals surface area contributed by atoms with Gasteiger partial charge < -0.3 is 4.42 Å². The molecule has 5 nitrogen and oxygen atoms in total. The molecular formula is C17H11N3O2. The van der Waals surface area contributed by atoms with Crippen LogP contribution in [0.25, 0.3) is 28.0 Å². The maximum absolute atomic E-state index is 12.2. The first-order valence-electron chi connectivity index (χ1n) is 6.81. The van der Waals surface area contributed by atoms with Gasteiger partial charge in [-0.15, -0.1) is 0 Å². The van der Waals surface area contributed by atoms with Crippen molar-refractivity contribution in [1.82, 2.24) is 14.8 Å². The number of fused-ring (bicyclic) bond motifs is 1. The molecule has 1 aromatic carbocycles. The van der Waals surface area contributed by atoms with Crippen molar-refractivity contribution in [3.05, 3.63) is 77.4 Å². The second-order valence-electron chi connectivity index (χ2n) is 4.82. The predicted molar refractivity (Wildman–Crippen MR) is 82.8 cm³/mol. The molecule has 0 atom stereocenters. The quantitative estimate of drug-likeness (QED) is 0.569. The third-order valence-corrected chi connectivity index (χ3v) is 3.37. The summed E-state index contributed by atoms with van der Waals surface area (Å²) in [5.74, 6) is 0.413. The van der Waals surface area contributed by atoms with Crippen LogP contribution in [-0.2, 0) is 0 Å². The van der Waals surface area contributed by atoms with Crippen LogP contribution in [0.15, 0.2) is 76.2 Å². The third-order valence-electron chi connectivity index (χ3n) is 3.37. The van der Waals surface area contributed by atoms with Crippen LogP contribution in [0, 0.1) is 0 Å². The highest BCUT2D eigenvalue weighted by Crippen LogP contribution is 2.20. The van der Waals surface area contributed by atoms with Crippen LogP contribution in [0.1, 0.15) is 0 Å². The van der Waals surface area contributed by atoms with E-state index in [-0.39, 0.29) is 0 Å². The minimum Gasteiger partial charge on any atom is -0.420 e. The molecule has 3 aromatic heterocycles. The van der Waals surface area contributed by atoms with Gasteiger partial charge in [0.2, 0.25) is 0 Å². The summed E-state index contributed by atoms with van der Waals surface area (Å²) in [6.07, 6.45) is 3.33. The van der Waals surface area contributed by atoms with Crippen molar-refractivity contribution in [1.29, 1.82) is 0 Å². The zero-order chi connectivity index (χ0) is 14.9. The summed E-state index contributed by atoms with van der Waals surface area (Å²) in [5, 5.41) is 4.91. The average molecular weight is 289 g/mol. The molecule has 0 N–H and O–H groups in total. The van der Waals surface area contributed by atoms with E-state index >= 15 is 0 Å². The molecule has 0 fully saturated rings. The molecule has 3 heterocycles. The van der Waals surface area contributed by atoms with E-state index in [0.29, 0.717) is 22.4 Å². The number of nitrogens with zero attached hydrogens (tertiary/aromatic N) is 3. The van der Waals surface area contributed by atoms with E-state index in [9.17, 15) is 4.79 Å². The smallest absolute Gasteiger partial charge is 0.347 e. The van der Waals surface area contributed by atoms with E-state index in [1.165, 1.54) is 0 Å². The first-order chi connectivity index (χ1) is 10.8. The van der Waals surface area contributed by atoms with Gasteiger partial charge in [-0.1, -0.05) is 24.3 Å². The summed E-state index contributed by atoms with van der Waals surface area (Å²) in [5.41, 5.74) is 1.66. The van der Waals surface area contributed by atoms with Crippen LogP contribution in [0.4, 0.5) is 0 Å². The Kier molecular flexibility index (Phi) is 2.83. The molecule has 0 aliphatic heterocycles. The average Bonchev–Trinajstić information content (AvgIpc) is 3.01. The first kappa shape index (κ1) is 12.5.